The standard InChI is InChI=1S/C7H12O2S/c1-2-8-4-6-7(5-9-6)10-3-1/h6-7H,1-5H2. The Labute approximate surface area is 65.3 Å². The molecule has 2 saturated heterocycles. The van der Waals surface area contributed by atoms with Gasteiger partial charge in [0.2, 0.25) is 0 Å². The lowest BCUT2D eigenvalue weighted by molar-refractivity contribution is -0.0881. The summed E-state index contributed by atoms with van der Waals surface area (Å²) in [6.07, 6.45) is 1.61. The molecule has 2 fully saturated rings. The van der Waals surface area contributed by atoms with E-state index >= 15 is 0 Å². The van der Waals surface area contributed by atoms with Gasteiger partial charge in [-0.2, -0.15) is 11.8 Å². The summed E-state index contributed by atoms with van der Waals surface area (Å²) < 4.78 is 10.7. The van der Waals surface area contributed by atoms with Crippen molar-refractivity contribution in [2.24, 2.45) is 0 Å². The zero-order valence-electron chi connectivity index (χ0n) is 5.91. The molecule has 2 atom stereocenters. The normalized spacial score (nSPS) is 40.8. The molecule has 0 saturated carbocycles. The first-order chi connectivity index (χ1) is 4.97. The van der Waals surface area contributed by atoms with E-state index in [9.17, 15) is 0 Å². The molecule has 2 nitrogen and oxygen atoms in total. The van der Waals surface area contributed by atoms with E-state index in [0.29, 0.717) is 6.10 Å². The van der Waals surface area contributed by atoms with E-state index in [0.717, 1.165) is 25.1 Å². The molecule has 0 N–H and O–H groups in total. The summed E-state index contributed by atoms with van der Waals surface area (Å²) in [5, 5.41) is 0.736. The molecule has 0 aliphatic carbocycles. The van der Waals surface area contributed by atoms with E-state index in [-0.39, 0.29) is 0 Å². The molecule has 2 heterocycles. The molecule has 0 radical (unpaired) electrons. The Morgan fingerprint density at radius 2 is 2.30 bits per heavy atom. The third-order valence-electron chi connectivity index (χ3n) is 1.94. The maximum Gasteiger partial charge on any atom is 0.0949 e. The topological polar surface area (TPSA) is 18.5 Å². The average Bonchev–Trinajstić information content (AvgIpc) is 1.89. The van der Waals surface area contributed by atoms with Gasteiger partial charge in [-0.3, -0.25) is 0 Å². The summed E-state index contributed by atoms with van der Waals surface area (Å²) >= 11 is 2.04. The lowest BCUT2D eigenvalue weighted by atomic mass is 10.2. The summed E-state index contributed by atoms with van der Waals surface area (Å²) in [7, 11) is 0. The number of fused-ring (bicyclic) bond motifs is 1. The molecule has 2 aliphatic rings. The first-order valence-electron chi connectivity index (χ1n) is 3.78. The van der Waals surface area contributed by atoms with E-state index in [4.69, 9.17) is 9.47 Å². The Hall–Kier alpha value is 0.270. The Morgan fingerprint density at radius 3 is 3.10 bits per heavy atom. The maximum atomic E-state index is 5.37. The van der Waals surface area contributed by atoms with Crippen LogP contribution in [0.4, 0.5) is 0 Å². The van der Waals surface area contributed by atoms with Crippen LogP contribution in [-0.2, 0) is 9.47 Å². The van der Waals surface area contributed by atoms with Crippen LogP contribution >= 0.6 is 11.8 Å². The van der Waals surface area contributed by atoms with Crippen molar-refractivity contribution in [1.29, 1.82) is 0 Å². The molecule has 2 unspecified atom stereocenters. The third kappa shape index (κ3) is 1.31. The number of ether oxygens (including phenoxy) is 2. The first-order valence-corrected chi connectivity index (χ1v) is 4.82. The fourth-order valence-corrected chi connectivity index (χ4v) is 2.35. The minimum Gasteiger partial charge on any atom is -0.379 e. The zero-order valence-corrected chi connectivity index (χ0v) is 6.73. The second-order valence-electron chi connectivity index (χ2n) is 2.71. The zero-order chi connectivity index (χ0) is 6.81. The van der Waals surface area contributed by atoms with Gasteiger partial charge in [-0.05, 0) is 12.2 Å². The Bertz CT molecular complexity index is 104. The van der Waals surface area contributed by atoms with Gasteiger partial charge < -0.3 is 9.47 Å². The van der Waals surface area contributed by atoms with Crippen LogP contribution in [0.1, 0.15) is 6.42 Å². The van der Waals surface area contributed by atoms with Gasteiger partial charge in [0.25, 0.3) is 0 Å². The minimum atomic E-state index is 0.408. The molecule has 0 spiro atoms. The second-order valence-corrected chi connectivity index (χ2v) is 4.06. The van der Waals surface area contributed by atoms with Gasteiger partial charge in [0, 0.05) is 6.61 Å². The summed E-state index contributed by atoms with van der Waals surface area (Å²) in [6.45, 7) is 2.68. The lowest BCUT2D eigenvalue weighted by Gasteiger charge is -2.37. The van der Waals surface area contributed by atoms with Crippen molar-refractivity contribution < 1.29 is 9.47 Å². The van der Waals surface area contributed by atoms with Crippen LogP contribution in [0.25, 0.3) is 0 Å². The molecule has 3 heteroatoms. The van der Waals surface area contributed by atoms with Crippen molar-refractivity contribution in [3.8, 4) is 0 Å². The van der Waals surface area contributed by atoms with Crippen LogP contribution in [0.15, 0.2) is 0 Å². The van der Waals surface area contributed by atoms with Gasteiger partial charge in [0.1, 0.15) is 0 Å². The number of thioether (sulfide) groups is 1. The number of hydrogen-bond acceptors (Lipinski definition) is 3. The fourth-order valence-electron chi connectivity index (χ4n) is 1.22. The molecule has 58 valence electrons. The van der Waals surface area contributed by atoms with Crippen LogP contribution in [0.2, 0.25) is 0 Å². The molecular formula is C7H12O2S. The molecule has 0 aromatic heterocycles. The van der Waals surface area contributed by atoms with Gasteiger partial charge in [0.15, 0.2) is 0 Å². The van der Waals surface area contributed by atoms with Crippen LogP contribution in [0.5, 0.6) is 0 Å². The number of hydrogen-bond donors (Lipinski definition) is 0. The van der Waals surface area contributed by atoms with Crippen molar-refractivity contribution in [3.63, 3.8) is 0 Å². The van der Waals surface area contributed by atoms with Crippen molar-refractivity contribution in [3.05, 3.63) is 0 Å². The highest BCUT2D eigenvalue weighted by molar-refractivity contribution is 8.00. The molecular weight excluding hydrogens is 148 g/mol. The van der Waals surface area contributed by atoms with E-state index in [1.165, 1.54) is 12.2 Å². The van der Waals surface area contributed by atoms with Gasteiger partial charge in [-0.1, -0.05) is 0 Å². The molecule has 2 aliphatic heterocycles. The first kappa shape index (κ1) is 6.95. The van der Waals surface area contributed by atoms with Crippen molar-refractivity contribution in [1.82, 2.24) is 0 Å². The Balaban J connectivity index is 1.83. The van der Waals surface area contributed by atoms with E-state index in [1.54, 1.807) is 0 Å². The maximum absolute atomic E-state index is 5.37. The molecule has 2 rings (SSSR count). The predicted molar refractivity (Wildman–Crippen MR) is 41.4 cm³/mol. The van der Waals surface area contributed by atoms with Gasteiger partial charge in [-0.15, -0.1) is 0 Å². The minimum absolute atomic E-state index is 0.408. The number of rotatable bonds is 0. The highest BCUT2D eigenvalue weighted by Crippen LogP contribution is 2.28. The van der Waals surface area contributed by atoms with Crippen LogP contribution in [0.3, 0.4) is 0 Å². The molecule has 0 aromatic rings. The summed E-state index contributed by atoms with van der Waals surface area (Å²) in [4.78, 5) is 0. The van der Waals surface area contributed by atoms with Gasteiger partial charge in [-0.25, -0.2) is 0 Å². The second kappa shape index (κ2) is 3.11. The predicted octanol–water partition coefficient (Wildman–Crippen LogP) is 0.907. The molecule has 0 amide bonds. The average molecular weight is 160 g/mol. The highest BCUT2D eigenvalue weighted by atomic mass is 32.2. The van der Waals surface area contributed by atoms with Gasteiger partial charge in [0.05, 0.1) is 24.6 Å². The summed E-state index contributed by atoms with van der Waals surface area (Å²) in [5.41, 5.74) is 0. The van der Waals surface area contributed by atoms with Crippen molar-refractivity contribution in [2.75, 3.05) is 25.6 Å². The SMILES string of the molecule is C1COCC2OCC2SC1. The highest BCUT2D eigenvalue weighted by Gasteiger charge is 2.33. The lowest BCUT2D eigenvalue weighted by Crippen LogP contribution is -2.46. The molecule has 0 bridgehead atoms. The van der Waals surface area contributed by atoms with Gasteiger partial charge >= 0.3 is 0 Å². The fraction of sp³-hybridized carbons (Fsp3) is 1.00. The van der Waals surface area contributed by atoms with E-state index in [1.807, 2.05) is 11.8 Å². The monoisotopic (exact) mass is 160 g/mol. The molecule has 10 heavy (non-hydrogen) atoms. The van der Waals surface area contributed by atoms with Crippen LogP contribution in [0, 0.1) is 0 Å². The van der Waals surface area contributed by atoms with Crippen molar-refractivity contribution >= 4 is 11.8 Å². The quantitative estimate of drug-likeness (QED) is 0.524. The van der Waals surface area contributed by atoms with Crippen LogP contribution in [-0.4, -0.2) is 36.9 Å². The molecule has 0 aromatic carbocycles. The summed E-state index contributed by atoms with van der Waals surface area (Å²) in [5.74, 6) is 1.24. The smallest absolute Gasteiger partial charge is 0.0949 e. The summed E-state index contributed by atoms with van der Waals surface area (Å²) in [6, 6.07) is 0. The van der Waals surface area contributed by atoms with Crippen molar-refractivity contribution in [2.45, 2.75) is 17.8 Å². The van der Waals surface area contributed by atoms with E-state index < -0.39 is 0 Å². The van der Waals surface area contributed by atoms with Crippen LogP contribution < -0.4 is 0 Å². The Morgan fingerprint density at radius 1 is 1.30 bits per heavy atom. The largest absolute Gasteiger partial charge is 0.379 e. The Kier molecular flexibility index (Phi) is 2.16. The third-order valence-corrected chi connectivity index (χ3v) is 3.33. The van der Waals surface area contributed by atoms with E-state index in [2.05, 4.69) is 0 Å².